The molecule has 0 radical (unpaired) electrons. The van der Waals surface area contributed by atoms with Crippen LogP contribution in [0.2, 0.25) is 0 Å². The highest BCUT2D eigenvalue weighted by Gasteiger charge is 2.20. The Kier molecular flexibility index (Phi) is 7.40. The number of carbonyl (C=O) groups excluding carboxylic acids is 1. The van der Waals surface area contributed by atoms with Gasteiger partial charge in [0.25, 0.3) is 5.91 Å². The fourth-order valence-corrected chi connectivity index (χ4v) is 3.68. The second kappa shape index (κ2) is 10.6. The molecule has 3 aromatic rings. The summed E-state index contributed by atoms with van der Waals surface area (Å²) >= 11 is 3.08. The molecule has 2 heterocycles. The predicted molar refractivity (Wildman–Crippen MR) is 122 cm³/mol. The zero-order valence-electron chi connectivity index (χ0n) is 17.4. The first kappa shape index (κ1) is 23.0. The van der Waals surface area contributed by atoms with E-state index in [-0.39, 0.29) is 21.8 Å². The molecule has 0 bridgehead atoms. The van der Waals surface area contributed by atoms with Crippen molar-refractivity contribution in [1.29, 1.82) is 0 Å². The number of aromatic nitrogens is 2. The molecule has 2 aromatic carbocycles. The van der Waals surface area contributed by atoms with Crippen LogP contribution in [0.15, 0.2) is 56.6 Å². The molecular formula is C21H21BrFN7O3. The maximum atomic E-state index is 13.5. The van der Waals surface area contributed by atoms with Gasteiger partial charge in [-0.25, -0.2) is 14.0 Å². The van der Waals surface area contributed by atoms with Crippen LogP contribution in [-0.2, 0) is 6.54 Å². The highest BCUT2D eigenvalue weighted by Crippen LogP contribution is 2.23. The summed E-state index contributed by atoms with van der Waals surface area (Å²) in [5.41, 5.74) is 3.73. The van der Waals surface area contributed by atoms with Crippen LogP contribution in [0.3, 0.4) is 0 Å². The van der Waals surface area contributed by atoms with Crippen LogP contribution in [-0.4, -0.2) is 58.3 Å². The van der Waals surface area contributed by atoms with Crippen LogP contribution >= 0.6 is 15.9 Å². The van der Waals surface area contributed by atoms with E-state index in [1.807, 2.05) is 17.6 Å². The van der Waals surface area contributed by atoms with Crippen LogP contribution in [0, 0.1) is 5.82 Å². The third-order valence-corrected chi connectivity index (χ3v) is 5.63. The van der Waals surface area contributed by atoms with Crippen molar-refractivity contribution in [2.24, 2.45) is 4.99 Å². The lowest BCUT2D eigenvalue weighted by molar-refractivity contribution is 0.102. The molecule has 1 aromatic heterocycles. The van der Waals surface area contributed by atoms with Crippen LogP contribution < -0.4 is 16.1 Å². The SMILES string of the molecule is O=C(Nc1nonc1C(=Nc1ccc(F)c(Br)c1)NO)c1ccc(CN2CCNCC2)cc1. The van der Waals surface area contributed by atoms with Crippen LogP contribution in [0.4, 0.5) is 15.9 Å². The number of amidine groups is 1. The Hall–Kier alpha value is -3.19. The first-order valence-electron chi connectivity index (χ1n) is 10.1. The second-order valence-corrected chi connectivity index (χ2v) is 8.16. The minimum atomic E-state index is -0.456. The van der Waals surface area contributed by atoms with E-state index in [2.05, 4.69) is 46.8 Å². The Morgan fingerprint density at radius 3 is 2.67 bits per heavy atom. The van der Waals surface area contributed by atoms with Gasteiger partial charge in [-0.05, 0) is 62.1 Å². The Bertz CT molecular complexity index is 1150. The topological polar surface area (TPSA) is 128 Å². The molecule has 172 valence electrons. The highest BCUT2D eigenvalue weighted by molar-refractivity contribution is 9.10. The van der Waals surface area contributed by atoms with Crippen molar-refractivity contribution in [3.8, 4) is 0 Å². The lowest BCUT2D eigenvalue weighted by Gasteiger charge is -2.27. The number of nitrogens with zero attached hydrogens (tertiary/aromatic N) is 4. The number of hydrogen-bond donors (Lipinski definition) is 4. The minimum Gasteiger partial charge on any atom is -0.314 e. The number of hydroxylamine groups is 1. The van der Waals surface area contributed by atoms with Crippen molar-refractivity contribution in [3.63, 3.8) is 0 Å². The van der Waals surface area contributed by atoms with Gasteiger partial charge in [0.1, 0.15) is 5.82 Å². The van der Waals surface area contributed by atoms with E-state index in [1.165, 1.54) is 18.2 Å². The van der Waals surface area contributed by atoms with Gasteiger partial charge in [0.2, 0.25) is 5.82 Å². The number of rotatable bonds is 6. The third kappa shape index (κ3) is 5.79. The second-order valence-electron chi connectivity index (χ2n) is 7.31. The van der Waals surface area contributed by atoms with Crippen molar-refractivity contribution < 1.29 is 19.0 Å². The third-order valence-electron chi connectivity index (χ3n) is 5.03. The highest BCUT2D eigenvalue weighted by atomic mass is 79.9. The van der Waals surface area contributed by atoms with E-state index in [4.69, 9.17) is 4.63 Å². The van der Waals surface area contributed by atoms with Gasteiger partial charge in [0.05, 0.1) is 10.2 Å². The van der Waals surface area contributed by atoms with Gasteiger partial charge in [-0.1, -0.05) is 12.1 Å². The Morgan fingerprint density at radius 2 is 1.97 bits per heavy atom. The monoisotopic (exact) mass is 517 g/mol. The van der Waals surface area contributed by atoms with Crippen LogP contribution in [0.5, 0.6) is 0 Å². The number of benzene rings is 2. The van der Waals surface area contributed by atoms with E-state index in [0.29, 0.717) is 11.3 Å². The zero-order chi connectivity index (χ0) is 23.2. The average Bonchev–Trinajstić information content (AvgIpc) is 3.28. The van der Waals surface area contributed by atoms with Crippen molar-refractivity contribution >= 4 is 39.2 Å². The quantitative estimate of drug-likeness (QED) is 0.223. The Labute approximate surface area is 196 Å². The van der Waals surface area contributed by atoms with E-state index in [9.17, 15) is 14.4 Å². The first-order chi connectivity index (χ1) is 16.0. The largest absolute Gasteiger partial charge is 0.314 e. The summed E-state index contributed by atoms with van der Waals surface area (Å²) in [6.45, 7) is 4.74. The molecule has 0 aliphatic carbocycles. The zero-order valence-corrected chi connectivity index (χ0v) is 19.0. The fourth-order valence-electron chi connectivity index (χ4n) is 3.31. The molecule has 1 fully saturated rings. The van der Waals surface area contributed by atoms with Crippen molar-refractivity contribution in [2.45, 2.75) is 6.54 Å². The van der Waals surface area contributed by atoms with Crippen molar-refractivity contribution in [1.82, 2.24) is 26.0 Å². The lowest BCUT2D eigenvalue weighted by Crippen LogP contribution is -2.42. The average molecular weight is 518 g/mol. The maximum absolute atomic E-state index is 13.5. The molecule has 1 aliphatic heterocycles. The number of anilines is 1. The number of aliphatic imine (C=N–C) groups is 1. The fraction of sp³-hybridized carbons (Fsp3) is 0.238. The van der Waals surface area contributed by atoms with E-state index in [0.717, 1.165) is 38.3 Å². The first-order valence-corrected chi connectivity index (χ1v) is 10.9. The van der Waals surface area contributed by atoms with E-state index < -0.39 is 11.7 Å². The van der Waals surface area contributed by atoms with Crippen LogP contribution in [0.1, 0.15) is 21.6 Å². The van der Waals surface area contributed by atoms with Crippen molar-refractivity contribution in [2.75, 3.05) is 31.5 Å². The molecule has 10 nitrogen and oxygen atoms in total. The summed E-state index contributed by atoms with van der Waals surface area (Å²) in [4.78, 5) is 19.2. The molecule has 0 atom stereocenters. The number of amides is 1. The van der Waals surface area contributed by atoms with Gasteiger partial charge in [-0.15, -0.1) is 0 Å². The smallest absolute Gasteiger partial charge is 0.256 e. The summed E-state index contributed by atoms with van der Waals surface area (Å²) < 4.78 is 18.4. The summed E-state index contributed by atoms with van der Waals surface area (Å²) in [5, 5.41) is 22.8. The van der Waals surface area contributed by atoms with E-state index in [1.54, 1.807) is 12.1 Å². The normalized spacial score (nSPS) is 14.8. The van der Waals surface area contributed by atoms with E-state index >= 15 is 0 Å². The molecule has 0 unspecified atom stereocenters. The van der Waals surface area contributed by atoms with Gasteiger partial charge < -0.3 is 10.6 Å². The molecule has 4 rings (SSSR count). The van der Waals surface area contributed by atoms with Gasteiger partial charge >= 0.3 is 0 Å². The number of nitrogens with one attached hydrogen (secondary N) is 3. The molecule has 1 saturated heterocycles. The Balaban J connectivity index is 1.46. The summed E-state index contributed by atoms with van der Waals surface area (Å²) in [6, 6.07) is 11.3. The minimum absolute atomic E-state index is 0.0263. The summed E-state index contributed by atoms with van der Waals surface area (Å²) in [7, 11) is 0. The van der Waals surface area contributed by atoms with Crippen LogP contribution in [0.25, 0.3) is 0 Å². The molecule has 0 spiro atoms. The molecule has 0 saturated carbocycles. The predicted octanol–water partition coefficient (Wildman–Crippen LogP) is 2.69. The van der Waals surface area contributed by atoms with Gasteiger partial charge in [0, 0.05) is 38.3 Å². The Morgan fingerprint density at radius 1 is 1.21 bits per heavy atom. The standard InChI is InChI=1S/C21H21BrFN7O3/c22-16-11-15(5-6-17(16)23)25-19(27-32)18-20(29-33-28-18)26-21(31)14-3-1-13(2-4-14)12-30-9-7-24-8-10-30/h1-6,11,24,32H,7-10,12H2,(H,25,27)(H,26,29,31). The van der Waals surface area contributed by atoms with Gasteiger partial charge in [-0.2, -0.15) is 0 Å². The molecular weight excluding hydrogens is 497 g/mol. The molecule has 12 heteroatoms. The molecule has 4 N–H and O–H groups in total. The van der Waals surface area contributed by atoms with Gasteiger partial charge in [0.15, 0.2) is 11.5 Å². The molecule has 1 amide bonds. The number of halogens is 2. The number of hydrogen-bond acceptors (Lipinski definition) is 8. The number of piperazine rings is 1. The molecule has 1 aliphatic rings. The lowest BCUT2D eigenvalue weighted by atomic mass is 10.1. The molecule has 33 heavy (non-hydrogen) atoms. The maximum Gasteiger partial charge on any atom is 0.256 e. The number of carbonyl (C=O) groups is 1. The summed E-state index contributed by atoms with van der Waals surface area (Å²) in [6.07, 6.45) is 0. The van der Waals surface area contributed by atoms with Crippen molar-refractivity contribution in [3.05, 3.63) is 69.6 Å². The summed E-state index contributed by atoms with van der Waals surface area (Å²) in [5.74, 6) is -1.06. The van der Waals surface area contributed by atoms with Gasteiger partial charge in [-0.3, -0.25) is 20.4 Å².